The van der Waals surface area contributed by atoms with Crippen molar-refractivity contribution < 1.29 is 9.90 Å². The van der Waals surface area contributed by atoms with E-state index in [2.05, 4.69) is 0 Å². The van der Waals surface area contributed by atoms with Crippen molar-refractivity contribution in [3.63, 3.8) is 0 Å². The molecule has 0 radical (unpaired) electrons. The largest absolute Gasteiger partial charge is 0.481 e. The van der Waals surface area contributed by atoms with Gasteiger partial charge in [0.15, 0.2) is 0 Å². The fraction of sp³-hybridized carbons (Fsp3) is 0.214. The first-order valence-corrected chi connectivity index (χ1v) is 5.87. The van der Waals surface area contributed by atoms with E-state index in [1.54, 1.807) is 6.08 Å². The molecule has 0 bridgehead atoms. The van der Waals surface area contributed by atoms with Gasteiger partial charge in [0.2, 0.25) is 0 Å². The van der Waals surface area contributed by atoms with Gasteiger partial charge in [-0.2, -0.15) is 0 Å². The molecule has 88 valence electrons. The SMILES string of the molecule is O=C(O)C1C=CC(Cc2ccc(Cl)cc2)=CC1. The predicted molar refractivity (Wildman–Crippen MR) is 68.1 cm³/mol. The fourth-order valence-electron chi connectivity index (χ4n) is 1.82. The van der Waals surface area contributed by atoms with Crippen LogP contribution in [0, 0.1) is 5.92 Å². The minimum Gasteiger partial charge on any atom is -0.481 e. The highest BCUT2D eigenvalue weighted by molar-refractivity contribution is 6.30. The van der Waals surface area contributed by atoms with Gasteiger partial charge in [0.1, 0.15) is 0 Å². The van der Waals surface area contributed by atoms with Gasteiger partial charge in [-0.25, -0.2) is 0 Å². The number of rotatable bonds is 3. The van der Waals surface area contributed by atoms with E-state index in [0.29, 0.717) is 6.42 Å². The fourth-order valence-corrected chi connectivity index (χ4v) is 1.94. The van der Waals surface area contributed by atoms with Gasteiger partial charge in [0, 0.05) is 5.02 Å². The van der Waals surface area contributed by atoms with Crippen LogP contribution in [-0.2, 0) is 11.2 Å². The molecule has 0 saturated heterocycles. The summed E-state index contributed by atoms with van der Waals surface area (Å²) in [5.74, 6) is -1.13. The van der Waals surface area contributed by atoms with Crippen molar-refractivity contribution in [2.45, 2.75) is 12.8 Å². The highest BCUT2D eigenvalue weighted by atomic mass is 35.5. The number of halogens is 1. The molecule has 1 aliphatic carbocycles. The number of aliphatic carboxylic acids is 1. The van der Waals surface area contributed by atoms with E-state index >= 15 is 0 Å². The maximum Gasteiger partial charge on any atom is 0.310 e. The molecular weight excluding hydrogens is 236 g/mol. The molecule has 0 aliphatic heterocycles. The first-order valence-electron chi connectivity index (χ1n) is 5.49. The molecule has 0 spiro atoms. The van der Waals surface area contributed by atoms with Crippen LogP contribution in [0.15, 0.2) is 48.1 Å². The third-order valence-electron chi connectivity index (χ3n) is 2.82. The third kappa shape index (κ3) is 3.21. The van der Waals surface area contributed by atoms with Gasteiger partial charge >= 0.3 is 5.97 Å². The molecule has 1 aromatic carbocycles. The molecule has 0 heterocycles. The molecule has 0 amide bonds. The number of carboxylic acid groups (broad SMARTS) is 1. The van der Waals surface area contributed by atoms with Crippen LogP contribution >= 0.6 is 11.6 Å². The summed E-state index contributed by atoms with van der Waals surface area (Å²) in [5.41, 5.74) is 2.34. The first kappa shape index (κ1) is 11.9. The van der Waals surface area contributed by atoms with Crippen molar-refractivity contribution in [2.75, 3.05) is 0 Å². The quantitative estimate of drug-likeness (QED) is 0.889. The molecule has 0 saturated carbocycles. The number of benzene rings is 1. The van der Waals surface area contributed by atoms with Crippen LogP contribution in [0.4, 0.5) is 0 Å². The molecule has 17 heavy (non-hydrogen) atoms. The van der Waals surface area contributed by atoms with Gasteiger partial charge in [-0.1, -0.05) is 42.0 Å². The highest BCUT2D eigenvalue weighted by Gasteiger charge is 2.15. The molecular formula is C14H13ClO2. The van der Waals surface area contributed by atoms with E-state index in [1.165, 1.54) is 5.56 Å². The average molecular weight is 249 g/mol. The molecule has 2 nitrogen and oxygen atoms in total. The minimum atomic E-state index is -0.761. The lowest BCUT2D eigenvalue weighted by Gasteiger charge is -2.12. The zero-order chi connectivity index (χ0) is 12.3. The number of carboxylic acids is 1. The summed E-state index contributed by atoms with van der Waals surface area (Å²) in [4.78, 5) is 10.8. The summed E-state index contributed by atoms with van der Waals surface area (Å²) in [6, 6.07) is 7.70. The third-order valence-corrected chi connectivity index (χ3v) is 3.07. The first-order chi connectivity index (χ1) is 8.15. The van der Waals surface area contributed by atoms with Crippen molar-refractivity contribution in [2.24, 2.45) is 5.92 Å². The number of hydrogen-bond acceptors (Lipinski definition) is 1. The van der Waals surface area contributed by atoms with Gasteiger partial charge in [-0.3, -0.25) is 4.79 Å². The molecule has 1 aliphatic rings. The van der Waals surface area contributed by atoms with Crippen LogP contribution in [0.5, 0.6) is 0 Å². The number of hydrogen-bond donors (Lipinski definition) is 1. The van der Waals surface area contributed by atoms with Crippen molar-refractivity contribution >= 4 is 17.6 Å². The summed E-state index contributed by atoms with van der Waals surface area (Å²) in [5, 5.41) is 9.58. The second kappa shape index (κ2) is 5.19. The topological polar surface area (TPSA) is 37.3 Å². The molecule has 1 unspecified atom stereocenters. The molecule has 1 atom stereocenters. The highest BCUT2D eigenvalue weighted by Crippen LogP contribution is 2.20. The van der Waals surface area contributed by atoms with E-state index in [-0.39, 0.29) is 5.92 Å². The standard InChI is InChI=1S/C14H13ClO2/c15-13-7-3-11(4-8-13)9-10-1-5-12(6-2-10)14(16)17/h1-5,7-8,12H,6,9H2,(H,16,17). The lowest BCUT2D eigenvalue weighted by molar-refractivity contribution is -0.139. The Hall–Kier alpha value is -1.54. The van der Waals surface area contributed by atoms with Gasteiger partial charge in [-0.15, -0.1) is 0 Å². The van der Waals surface area contributed by atoms with Gasteiger partial charge in [0.05, 0.1) is 5.92 Å². The van der Waals surface area contributed by atoms with Crippen molar-refractivity contribution in [1.29, 1.82) is 0 Å². The Morgan fingerprint density at radius 2 is 2.06 bits per heavy atom. The predicted octanol–water partition coefficient (Wildman–Crippen LogP) is 3.47. The molecule has 1 aromatic rings. The summed E-state index contributed by atoms with van der Waals surface area (Å²) in [6.07, 6.45) is 7.05. The van der Waals surface area contributed by atoms with Crippen LogP contribution in [-0.4, -0.2) is 11.1 Å². The Balaban J connectivity index is 2.00. The van der Waals surface area contributed by atoms with Crippen LogP contribution in [0.3, 0.4) is 0 Å². The van der Waals surface area contributed by atoms with Gasteiger partial charge in [0.25, 0.3) is 0 Å². The molecule has 0 aromatic heterocycles. The summed E-state index contributed by atoms with van der Waals surface area (Å²) < 4.78 is 0. The normalized spacial score (nSPS) is 18.9. The van der Waals surface area contributed by atoms with Crippen molar-refractivity contribution in [3.05, 3.63) is 58.7 Å². The van der Waals surface area contributed by atoms with Crippen LogP contribution < -0.4 is 0 Å². The second-order valence-electron chi connectivity index (χ2n) is 4.12. The maximum absolute atomic E-state index is 10.8. The monoisotopic (exact) mass is 248 g/mol. The van der Waals surface area contributed by atoms with E-state index < -0.39 is 5.97 Å². The minimum absolute atomic E-state index is 0.371. The molecule has 3 heteroatoms. The Labute approximate surface area is 105 Å². The molecule has 2 rings (SSSR count). The van der Waals surface area contributed by atoms with Crippen LogP contribution in [0.25, 0.3) is 0 Å². The Morgan fingerprint density at radius 3 is 2.59 bits per heavy atom. The van der Waals surface area contributed by atoms with Crippen molar-refractivity contribution in [1.82, 2.24) is 0 Å². The molecule has 1 N–H and O–H groups in total. The maximum atomic E-state index is 10.8. The summed E-state index contributed by atoms with van der Waals surface area (Å²) in [7, 11) is 0. The Kier molecular flexibility index (Phi) is 3.64. The van der Waals surface area contributed by atoms with E-state index in [1.807, 2.05) is 36.4 Å². The summed E-state index contributed by atoms with van der Waals surface area (Å²) >= 11 is 5.81. The molecule has 0 fully saturated rings. The van der Waals surface area contributed by atoms with Crippen LogP contribution in [0.1, 0.15) is 12.0 Å². The lowest BCUT2D eigenvalue weighted by atomic mass is 9.93. The number of carbonyl (C=O) groups is 1. The average Bonchev–Trinajstić information content (AvgIpc) is 2.33. The second-order valence-corrected chi connectivity index (χ2v) is 4.56. The van der Waals surface area contributed by atoms with Gasteiger partial charge < -0.3 is 5.11 Å². The smallest absolute Gasteiger partial charge is 0.310 e. The zero-order valence-electron chi connectivity index (χ0n) is 9.27. The summed E-state index contributed by atoms with van der Waals surface area (Å²) in [6.45, 7) is 0. The zero-order valence-corrected chi connectivity index (χ0v) is 10.0. The Morgan fingerprint density at radius 1 is 1.35 bits per heavy atom. The number of allylic oxidation sites excluding steroid dienone is 3. The van der Waals surface area contributed by atoms with Crippen molar-refractivity contribution in [3.8, 4) is 0 Å². The van der Waals surface area contributed by atoms with E-state index in [0.717, 1.165) is 17.0 Å². The van der Waals surface area contributed by atoms with E-state index in [9.17, 15) is 4.79 Å². The van der Waals surface area contributed by atoms with Crippen LogP contribution in [0.2, 0.25) is 5.02 Å². The lowest BCUT2D eigenvalue weighted by Crippen LogP contribution is -2.12. The Bertz CT molecular complexity index is 472. The van der Waals surface area contributed by atoms with Gasteiger partial charge in [-0.05, 0) is 36.1 Å². The van der Waals surface area contributed by atoms with E-state index in [4.69, 9.17) is 16.7 Å².